The lowest BCUT2D eigenvalue weighted by Gasteiger charge is -2.32. The van der Waals surface area contributed by atoms with Crippen LogP contribution < -0.4 is 0 Å². The van der Waals surface area contributed by atoms with Crippen LogP contribution in [-0.4, -0.2) is 43.6 Å². The SMILES string of the molecule is Cc1cnn([C@H]2CCCN(C(=O)c3ccnc(C)n3)C2)c1. The first-order chi connectivity index (χ1) is 10.1. The zero-order chi connectivity index (χ0) is 14.8. The van der Waals surface area contributed by atoms with E-state index in [0.29, 0.717) is 18.1 Å². The maximum atomic E-state index is 12.5. The second-order valence-corrected chi connectivity index (χ2v) is 5.53. The van der Waals surface area contributed by atoms with Crippen molar-refractivity contribution in [3.05, 3.63) is 41.7 Å². The van der Waals surface area contributed by atoms with Gasteiger partial charge in [-0.1, -0.05) is 0 Å². The minimum atomic E-state index is -0.0194. The van der Waals surface area contributed by atoms with Gasteiger partial charge in [-0.3, -0.25) is 9.48 Å². The summed E-state index contributed by atoms with van der Waals surface area (Å²) in [6.45, 7) is 5.28. The van der Waals surface area contributed by atoms with Crippen LogP contribution in [0.15, 0.2) is 24.7 Å². The lowest BCUT2D eigenvalue weighted by molar-refractivity contribution is 0.0666. The van der Waals surface area contributed by atoms with E-state index in [9.17, 15) is 4.79 Å². The van der Waals surface area contributed by atoms with Crippen molar-refractivity contribution in [3.63, 3.8) is 0 Å². The van der Waals surface area contributed by atoms with Crippen molar-refractivity contribution in [1.82, 2.24) is 24.6 Å². The number of piperidine rings is 1. The Labute approximate surface area is 123 Å². The molecule has 110 valence electrons. The summed E-state index contributed by atoms with van der Waals surface area (Å²) in [5, 5.41) is 4.37. The van der Waals surface area contributed by atoms with Crippen molar-refractivity contribution < 1.29 is 4.79 Å². The second-order valence-electron chi connectivity index (χ2n) is 5.53. The Morgan fingerprint density at radius 1 is 1.38 bits per heavy atom. The highest BCUT2D eigenvalue weighted by atomic mass is 16.2. The minimum absolute atomic E-state index is 0.0194. The van der Waals surface area contributed by atoms with Crippen LogP contribution in [0, 0.1) is 13.8 Å². The van der Waals surface area contributed by atoms with Gasteiger partial charge in [0.25, 0.3) is 5.91 Å². The lowest BCUT2D eigenvalue weighted by atomic mass is 10.1. The largest absolute Gasteiger partial charge is 0.335 e. The molecule has 0 radical (unpaired) electrons. The molecule has 6 nitrogen and oxygen atoms in total. The molecule has 0 unspecified atom stereocenters. The Morgan fingerprint density at radius 3 is 2.95 bits per heavy atom. The molecule has 21 heavy (non-hydrogen) atoms. The predicted octanol–water partition coefficient (Wildman–Crippen LogP) is 1.77. The van der Waals surface area contributed by atoms with Gasteiger partial charge in [-0.25, -0.2) is 9.97 Å². The standard InChI is InChI=1S/C15H19N5O/c1-11-8-17-20(9-11)13-4-3-7-19(10-13)15(21)14-5-6-16-12(2)18-14/h5-6,8-9,13H,3-4,7,10H2,1-2H3/t13-/m0/s1. The van der Waals surface area contributed by atoms with Crippen molar-refractivity contribution in [2.45, 2.75) is 32.7 Å². The van der Waals surface area contributed by atoms with Crippen LogP contribution in [0.1, 0.15) is 40.8 Å². The third-order valence-corrected chi connectivity index (χ3v) is 3.78. The van der Waals surface area contributed by atoms with Crippen LogP contribution in [0.2, 0.25) is 0 Å². The molecule has 0 aromatic carbocycles. The Bertz CT molecular complexity index is 651. The van der Waals surface area contributed by atoms with Gasteiger partial charge in [0.05, 0.1) is 12.2 Å². The van der Waals surface area contributed by atoms with Gasteiger partial charge in [0, 0.05) is 25.5 Å². The van der Waals surface area contributed by atoms with E-state index in [4.69, 9.17) is 0 Å². The number of carbonyl (C=O) groups excluding carboxylic acids is 1. The third kappa shape index (κ3) is 2.94. The zero-order valence-electron chi connectivity index (χ0n) is 12.4. The maximum absolute atomic E-state index is 12.5. The van der Waals surface area contributed by atoms with Gasteiger partial charge in [-0.05, 0) is 38.3 Å². The monoisotopic (exact) mass is 285 g/mol. The summed E-state index contributed by atoms with van der Waals surface area (Å²) in [6.07, 6.45) is 7.56. The first-order valence-electron chi connectivity index (χ1n) is 7.23. The normalized spacial score (nSPS) is 18.8. The van der Waals surface area contributed by atoms with Crippen LogP contribution in [0.25, 0.3) is 0 Å². The molecule has 3 rings (SSSR count). The van der Waals surface area contributed by atoms with Crippen LogP contribution in [0.3, 0.4) is 0 Å². The summed E-state index contributed by atoms with van der Waals surface area (Å²) >= 11 is 0. The number of likely N-dealkylation sites (tertiary alicyclic amines) is 1. The Hall–Kier alpha value is -2.24. The third-order valence-electron chi connectivity index (χ3n) is 3.78. The van der Waals surface area contributed by atoms with Gasteiger partial charge in [-0.15, -0.1) is 0 Å². The number of amides is 1. The molecule has 1 fully saturated rings. The quantitative estimate of drug-likeness (QED) is 0.843. The number of nitrogens with zero attached hydrogens (tertiary/aromatic N) is 5. The molecule has 6 heteroatoms. The van der Waals surface area contributed by atoms with E-state index >= 15 is 0 Å². The van der Waals surface area contributed by atoms with Crippen LogP contribution >= 0.6 is 0 Å². The highest BCUT2D eigenvalue weighted by Crippen LogP contribution is 2.22. The molecular formula is C15H19N5O. The van der Waals surface area contributed by atoms with E-state index in [-0.39, 0.29) is 11.9 Å². The predicted molar refractivity (Wildman–Crippen MR) is 77.9 cm³/mol. The number of hydrogen-bond donors (Lipinski definition) is 0. The van der Waals surface area contributed by atoms with Gasteiger partial charge in [0.1, 0.15) is 11.5 Å². The number of aryl methyl sites for hydroxylation is 2. The molecule has 2 aromatic heterocycles. The molecule has 0 saturated carbocycles. The molecule has 2 aromatic rings. The van der Waals surface area contributed by atoms with E-state index in [1.54, 1.807) is 19.2 Å². The number of rotatable bonds is 2. The van der Waals surface area contributed by atoms with E-state index in [2.05, 4.69) is 15.1 Å². The van der Waals surface area contributed by atoms with Crippen LogP contribution in [-0.2, 0) is 0 Å². The number of hydrogen-bond acceptors (Lipinski definition) is 4. The highest BCUT2D eigenvalue weighted by Gasteiger charge is 2.26. The van der Waals surface area contributed by atoms with Crippen molar-refractivity contribution in [3.8, 4) is 0 Å². The zero-order valence-corrected chi connectivity index (χ0v) is 12.4. The van der Waals surface area contributed by atoms with Gasteiger partial charge < -0.3 is 4.90 Å². The first kappa shape index (κ1) is 13.7. The molecule has 0 bridgehead atoms. The van der Waals surface area contributed by atoms with Crippen molar-refractivity contribution in [2.24, 2.45) is 0 Å². The molecule has 0 aliphatic carbocycles. The molecule has 1 amide bonds. The van der Waals surface area contributed by atoms with Gasteiger partial charge >= 0.3 is 0 Å². The Morgan fingerprint density at radius 2 is 2.24 bits per heavy atom. The summed E-state index contributed by atoms with van der Waals surface area (Å²) in [6, 6.07) is 1.93. The van der Waals surface area contributed by atoms with Crippen LogP contribution in [0.5, 0.6) is 0 Å². The minimum Gasteiger partial charge on any atom is -0.335 e. The van der Waals surface area contributed by atoms with E-state index in [1.807, 2.05) is 28.9 Å². The average Bonchev–Trinajstić information content (AvgIpc) is 2.93. The molecule has 0 N–H and O–H groups in total. The molecule has 1 aliphatic rings. The van der Waals surface area contributed by atoms with Gasteiger partial charge in [0.15, 0.2) is 0 Å². The molecule has 0 spiro atoms. The molecule has 1 atom stereocenters. The first-order valence-corrected chi connectivity index (χ1v) is 7.23. The number of aromatic nitrogens is 4. The summed E-state index contributed by atoms with van der Waals surface area (Å²) < 4.78 is 1.97. The Kier molecular flexibility index (Phi) is 3.68. The molecule has 3 heterocycles. The summed E-state index contributed by atoms with van der Waals surface area (Å²) in [5.74, 6) is 0.603. The lowest BCUT2D eigenvalue weighted by Crippen LogP contribution is -2.41. The highest BCUT2D eigenvalue weighted by molar-refractivity contribution is 5.92. The number of carbonyl (C=O) groups is 1. The average molecular weight is 285 g/mol. The van der Waals surface area contributed by atoms with Gasteiger partial charge in [0.2, 0.25) is 0 Å². The fourth-order valence-electron chi connectivity index (χ4n) is 2.73. The van der Waals surface area contributed by atoms with E-state index in [0.717, 1.165) is 24.9 Å². The fraction of sp³-hybridized carbons (Fsp3) is 0.467. The van der Waals surface area contributed by atoms with Crippen molar-refractivity contribution in [2.75, 3.05) is 13.1 Å². The maximum Gasteiger partial charge on any atom is 0.272 e. The van der Waals surface area contributed by atoms with Gasteiger partial charge in [-0.2, -0.15) is 5.10 Å². The fourth-order valence-corrected chi connectivity index (χ4v) is 2.73. The van der Waals surface area contributed by atoms with Crippen molar-refractivity contribution in [1.29, 1.82) is 0 Å². The van der Waals surface area contributed by atoms with E-state index < -0.39 is 0 Å². The summed E-state index contributed by atoms with van der Waals surface area (Å²) in [7, 11) is 0. The van der Waals surface area contributed by atoms with E-state index in [1.165, 1.54) is 0 Å². The Balaban J connectivity index is 1.75. The molecule has 1 saturated heterocycles. The molecule has 1 aliphatic heterocycles. The van der Waals surface area contributed by atoms with Crippen molar-refractivity contribution >= 4 is 5.91 Å². The summed E-state index contributed by atoms with van der Waals surface area (Å²) in [5.41, 5.74) is 1.62. The topological polar surface area (TPSA) is 63.9 Å². The van der Waals surface area contributed by atoms with Crippen LogP contribution in [0.4, 0.5) is 0 Å². The second kappa shape index (κ2) is 5.63. The summed E-state index contributed by atoms with van der Waals surface area (Å²) in [4.78, 5) is 22.7. The molecular weight excluding hydrogens is 266 g/mol. The smallest absolute Gasteiger partial charge is 0.272 e.